The van der Waals surface area contributed by atoms with Gasteiger partial charge < -0.3 is 14.6 Å². The zero-order chi connectivity index (χ0) is 19.9. The van der Waals surface area contributed by atoms with Crippen molar-refractivity contribution in [1.29, 1.82) is 0 Å². The smallest absolute Gasteiger partial charge is 0.332 e. The summed E-state index contributed by atoms with van der Waals surface area (Å²) in [4.78, 5) is 41.5. The second-order valence-electron chi connectivity index (χ2n) is 6.40. The molecule has 2 aromatic heterocycles. The monoisotopic (exact) mass is 371 g/mol. The topological polar surface area (TPSA) is 100 Å². The molecular weight excluding hydrogens is 350 g/mol. The summed E-state index contributed by atoms with van der Waals surface area (Å²) in [6.07, 6.45) is 1.39. The van der Waals surface area contributed by atoms with E-state index in [2.05, 4.69) is 10.3 Å². The first-order chi connectivity index (χ1) is 12.8. The van der Waals surface area contributed by atoms with Crippen LogP contribution in [-0.4, -0.2) is 31.7 Å². The summed E-state index contributed by atoms with van der Waals surface area (Å²) in [7, 11) is 4.45. The van der Waals surface area contributed by atoms with E-state index >= 15 is 0 Å². The highest BCUT2D eigenvalue weighted by molar-refractivity contribution is 5.95. The molecule has 1 aromatic carbocycles. The fourth-order valence-corrected chi connectivity index (χ4v) is 2.94. The van der Waals surface area contributed by atoms with Crippen molar-refractivity contribution < 1.29 is 9.53 Å². The summed E-state index contributed by atoms with van der Waals surface area (Å²) in [6, 6.07) is 4.72. The van der Waals surface area contributed by atoms with Crippen LogP contribution in [0.3, 0.4) is 0 Å². The van der Waals surface area contributed by atoms with E-state index in [1.165, 1.54) is 36.7 Å². The number of nitrogens with one attached hydrogen (secondary N) is 1. The van der Waals surface area contributed by atoms with Gasteiger partial charge in [-0.25, -0.2) is 9.78 Å². The molecule has 3 rings (SSSR count). The fraction of sp³-hybridized carbons (Fsp3) is 0.333. The number of aromatic nitrogens is 4. The summed E-state index contributed by atoms with van der Waals surface area (Å²) in [5.74, 6) is 0.198. The second kappa shape index (κ2) is 6.75. The number of methoxy groups -OCH3 is 1. The highest BCUT2D eigenvalue weighted by Crippen LogP contribution is 2.26. The third-order valence-corrected chi connectivity index (χ3v) is 4.58. The van der Waals surface area contributed by atoms with Crippen LogP contribution in [-0.2, 0) is 18.9 Å². The third-order valence-electron chi connectivity index (χ3n) is 4.58. The van der Waals surface area contributed by atoms with Gasteiger partial charge in [0.25, 0.3) is 5.56 Å². The number of carbonyl (C=O) groups excluding carboxylic acids is 1. The van der Waals surface area contributed by atoms with E-state index in [0.717, 1.165) is 10.1 Å². The summed E-state index contributed by atoms with van der Waals surface area (Å²) < 4.78 is 9.02. The van der Waals surface area contributed by atoms with Gasteiger partial charge in [-0.2, -0.15) is 0 Å². The zero-order valence-corrected chi connectivity index (χ0v) is 15.8. The minimum Gasteiger partial charge on any atom is -0.495 e. The van der Waals surface area contributed by atoms with E-state index in [4.69, 9.17) is 4.74 Å². The van der Waals surface area contributed by atoms with Crippen LogP contribution >= 0.6 is 0 Å². The number of carbonyl (C=O) groups is 1. The molecule has 0 bridgehead atoms. The van der Waals surface area contributed by atoms with Crippen LogP contribution in [0.5, 0.6) is 5.75 Å². The lowest BCUT2D eigenvalue weighted by molar-refractivity contribution is -0.118. The molecule has 27 heavy (non-hydrogen) atoms. The number of anilines is 1. The van der Waals surface area contributed by atoms with Crippen LogP contribution in [0.25, 0.3) is 11.2 Å². The molecule has 3 aromatic rings. The zero-order valence-electron chi connectivity index (χ0n) is 15.8. The van der Waals surface area contributed by atoms with E-state index in [1.807, 2.05) is 13.0 Å². The largest absolute Gasteiger partial charge is 0.495 e. The van der Waals surface area contributed by atoms with Gasteiger partial charge in [-0.1, -0.05) is 6.07 Å². The van der Waals surface area contributed by atoms with Crippen molar-refractivity contribution in [2.45, 2.75) is 19.9 Å². The average molecular weight is 371 g/mol. The molecule has 1 amide bonds. The normalized spacial score (nSPS) is 12.2. The Morgan fingerprint density at radius 2 is 1.93 bits per heavy atom. The third kappa shape index (κ3) is 3.01. The molecule has 0 aliphatic carbocycles. The number of hydrogen-bond acceptors (Lipinski definition) is 5. The highest BCUT2D eigenvalue weighted by atomic mass is 16.5. The quantitative estimate of drug-likeness (QED) is 0.736. The van der Waals surface area contributed by atoms with Crippen LogP contribution in [0.2, 0.25) is 0 Å². The Balaban J connectivity index is 2.03. The molecule has 2 heterocycles. The second-order valence-corrected chi connectivity index (χ2v) is 6.40. The molecule has 0 aliphatic heterocycles. The molecule has 9 heteroatoms. The first-order valence-electron chi connectivity index (χ1n) is 8.34. The molecule has 1 atom stereocenters. The number of rotatable bonds is 4. The van der Waals surface area contributed by atoms with Gasteiger partial charge in [0.15, 0.2) is 11.2 Å². The van der Waals surface area contributed by atoms with Crippen molar-refractivity contribution >= 4 is 22.8 Å². The van der Waals surface area contributed by atoms with Gasteiger partial charge in [0.2, 0.25) is 5.91 Å². The maximum atomic E-state index is 12.8. The van der Waals surface area contributed by atoms with E-state index in [-0.39, 0.29) is 17.1 Å². The molecule has 1 N–H and O–H groups in total. The standard InChI is InChI=1S/C18H21N5O4/c1-10-6-7-13(27-5)12(8-10)20-16(24)11(2)23-9-19-15-14(23)17(25)22(4)18(26)21(15)3/h6-9,11H,1-5H3,(H,20,24)/t11-/m1/s1. The molecule has 0 fully saturated rings. The molecular formula is C18H21N5O4. The molecule has 0 spiro atoms. The molecule has 0 saturated heterocycles. The van der Waals surface area contributed by atoms with E-state index in [0.29, 0.717) is 11.4 Å². The van der Waals surface area contributed by atoms with Crippen LogP contribution in [0.4, 0.5) is 5.69 Å². The van der Waals surface area contributed by atoms with Gasteiger partial charge in [-0.3, -0.25) is 18.7 Å². The SMILES string of the molecule is COc1ccc(C)cc1NC(=O)[C@@H](C)n1cnc2c1c(=O)n(C)c(=O)n2C. The predicted molar refractivity (Wildman–Crippen MR) is 101 cm³/mol. The van der Waals surface area contributed by atoms with E-state index in [1.54, 1.807) is 19.1 Å². The number of nitrogens with zero attached hydrogens (tertiary/aromatic N) is 4. The highest BCUT2D eigenvalue weighted by Gasteiger charge is 2.22. The van der Waals surface area contributed by atoms with Gasteiger partial charge in [0.1, 0.15) is 11.8 Å². The average Bonchev–Trinajstić information content (AvgIpc) is 3.09. The molecule has 0 saturated carbocycles. The summed E-state index contributed by atoms with van der Waals surface area (Å²) >= 11 is 0. The van der Waals surface area contributed by atoms with Gasteiger partial charge >= 0.3 is 5.69 Å². The maximum Gasteiger partial charge on any atom is 0.332 e. The Morgan fingerprint density at radius 1 is 1.22 bits per heavy atom. The predicted octanol–water partition coefficient (Wildman–Crippen LogP) is 0.950. The molecule has 0 radical (unpaired) electrons. The number of ether oxygens (including phenoxy) is 1. The van der Waals surface area contributed by atoms with E-state index < -0.39 is 17.3 Å². The lowest BCUT2D eigenvalue weighted by atomic mass is 10.2. The number of benzene rings is 1. The minimum atomic E-state index is -0.731. The number of fused-ring (bicyclic) bond motifs is 1. The van der Waals surface area contributed by atoms with Gasteiger partial charge in [-0.05, 0) is 31.5 Å². The van der Waals surface area contributed by atoms with Crippen LogP contribution in [0.15, 0.2) is 34.1 Å². The Kier molecular flexibility index (Phi) is 4.61. The van der Waals surface area contributed by atoms with Crippen LogP contribution in [0.1, 0.15) is 18.5 Å². The van der Waals surface area contributed by atoms with Crippen LogP contribution < -0.4 is 21.3 Å². The van der Waals surface area contributed by atoms with Gasteiger partial charge in [-0.15, -0.1) is 0 Å². The van der Waals surface area contributed by atoms with E-state index in [9.17, 15) is 14.4 Å². The Morgan fingerprint density at radius 3 is 2.59 bits per heavy atom. The van der Waals surface area contributed by atoms with Gasteiger partial charge in [0.05, 0.1) is 19.1 Å². The number of imidazole rings is 1. The number of hydrogen-bond donors (Lipinski definition) is 1. The van der Waals surface area contributed by atoms with Crippen molar-refractivity contribution in [2.24, 2.45) is 14.1 Å². The molecule has 0 unspecified atom stereocenters. The molecule has 142 valence electrons. The lowest BCUT2D eigenvalue weighted by Crippen LogP contribution is -2.38. The molecule has 9 nitrogen and oxygen atoms in total. The first kappa shape index (κ1) is 18.4. The summed E-state index contributed by atoms with van der Waals surface area (Å²) in [6.45, 7) is 3.56. The van der Waals surface area contributed by atoms with Crippen molar-refractivity contribution in [3.05, 3.63) is 50.9 Å². The van der Waals surface area contributed by atoms with Crippen molar-refractivity contribution in [3.63, 3.8) is 0 Å². The molecule has 0 aliphatic rings. The van der Waals surface area contributed by atoms with Crippen LogP contribution in [0, 0.1) is 6.92 Å². The summed E-state index contributed by atoms with van der Waals surface area (Å²) in [5, 5.41) is 2.83. The maximum absolute atomic E-state index is 12.8. The number of amides is 1. The lowest BCUT2D eigenvalue weighted by Gasteiger charge is -2.16. The number of aryl methyl sites for hydroxylation is 2. The minimum absolute atomic E-state index is 0.193. The Labute approximate surface area is 154 Å². The van der Waals surface area contributed by atoms with Crippen molar-refractivity contribution in [1.82, 2.24) is 18.7 Å². The Hall–Kier alpha value is -3.36. The summed E-state index contributed by atoms with van der Waals surface area (Å²) in [5.41, 5.74) is 0.960. The van der Waals surface area contributed by atoms with Gasteiger partial charge in [0, 0.05) is 14.1 Å². The Bertz CT molecular complexity index is 1150. The fourth-order valence-electron chi connectivity index (χ4n) is 2.94. The van der Waals surface area contributed by atoms with Crippen molar-refractivity contribution in [2.75, 3.05) is 12.4 Å². The first-order valence-corrected chi connectivity index (χ1v) is 8.34. The van der Waals surface area contributed by atoms with Crippen molar-refractivity contribution in [3.8, 4) is 5.75 Å².